The normalized spacial score (nSPS) is 10.7. The third-order valence-electron chi connectivity index (χ3n) is 3.07. The molecule has 2 rings (SSSR count). The minimum absolute atomic E-state index is 0.0529. The summed E-state index contributed by atoms with van der Waals surface area (Å²) in [5, 5.41) is 9.78. The Bertz CT molecular complexity index is 597. The molecule has 0 aliphatic rings. The lowest BCUT2D eigenvalue weighted by Gasteiger charge is -2.11. The van der Waals surface area contributed by atoms with Crippen molar-refractivity contribution in [2.24, 2.45) is 7.05 Å². The number of aromatic nitrogens is 3. The average Bonchev–Trinajstić information content (AvgIpc) is 2.85. The molecule has 0 aliphatic carbocycles. The summed E-state index contributed by atoms with van der Waals surface area (Å²) in [6.07, 6.45) is 3.22. The molecule has 7 heteroatoms. The first-order chi connectivity index (χ1) is 10.1. The monoisotopic (exact) mass is 295 g/mol. The van der Waals surface area contributed by atoms with Gasteiger partial charge in [-0.25, -0.2) is 13.8 Å². The van der Waals surface area contributed by atoms with E-state index in [-0.39, 0.29) is 11.6 Å². The molecule has 0 fully saturated rings. The molecular weight excluding hydrogens is 276 g/mol. The van der Waals surface area contributed by atoms with Crippen LogP contribution in [0.25, 0.3) is 0 Å². The van der Waals surface area contributed by atoms with Crippen molar-refractivity contribution >= 4 is 11.6 Å². The van der Waals surface area contributed by atoms with Crippen molar-refractivity contribution in [3.63, 3.8) is 0 Å². The summed E-state index contributed by atoms with van der Waals surface area (Å²) in [6, 6.07) is 2.74. The number of hydrogen-bond acceptors (Lipinski definition) is 4. The van der Waals surface area contributed by atoms with Crippen molar-refractivity contribution in [2.45, 2.75) is 19.8 Å². The van der Waals surface area contributed by atoms with Gasteiger partial charge in [0.05, 0.1) is 0 Å². The summed E-state index contributed by atoms with van der Waals surface area (Å²) in [4.78, 5) is 3.96. The van der Waals surface area contributed by atoms with Crippen molar-refractivity contribution in [2.75, 3.05) is 23.7 Å². The van der Waals surface area contributed by atoms with Gasteiger partial charge in [0.15, 0.2) is 23.3 Å². The number of rotatable bonds is 7. The second kappa shape index (κ2) is 7.01. The van der Waals surface area contributed by atoms with Crippen LogP contribution in [0.3, 0.4) is 0 Å². The van der Waals surface area contributed by atoms with Gasteiger partial charge in [-0.15, -0.1) is 0 Å². The van der Waals surface area contributed by atoms with E-state index in [2.05, 4.69) is 20.7 Å². The van der Waals surface area contributed by atoms with Gasteiger partial charge in [0.25, 0.3) is 0 Å². The third kappa shape index (κ3) is 3.90. The Morgan fingerprint density at radius 3 is 2.38 bits per heavy atom. The summed E-state index contributed by atoms with van der Waals surface area (Å²) < 4.78 is 29.0. The van der Waals surface area contributed by atoms with Gasteiger partial charge >= 0.3 is 0 Å². The van der Waals surface area contributed by atoms with Crippen LogP contribution >= 0.6 is 0 Å². The fourth-order valence-electron chi connectivity index (χ4n) is 1.91. The molecular formula is C14H19F2N5. The Hall–Kier alpha value is -2.18. The second-order valence-electron chi connectivity index (χ2n) is 4.70. The first-order valence-corrected chi connectivity index (χ1v) is 6.92. The van der Waals surface area contributed by atoms with Gasteiger partial charge in [-0.05, 0) is 12.5 Å². The molecule has 0 saturated heterocycles. The molecule has 0 spiro atoms. The minimum Gasteiger partial charge on any atom is -0.368 e. The number of anilines is 2. The standard InChI is InChI=1S/C14H19F2N5/c1-3-6-17-13-11(15)9-12(16)14(20-13)18-7-4-10-5-8-19-21(10)2/h5,8-9H,3-4,6-7H2,1-2H3,(H2,17,18,20). The van der Waals surface area contributed by atoms with E-state index in [1.165, 1.54) is 0 Å². The van der Waals surface area contributed by atoms with Gasteiger partial charge in [-0.2, -0.15) is 5.10 Å². The van der Waals surface area contributed by atoms with Crippen LogP contribution in [0.2, 0.25) is 0 Å². The molecule has 2 heterocycles. The minimum atomic E-state index is -0.695. The smallest absolute Gasteiger partial charge is 0.168 e. The number of nitrogens with zero attached hydrogens (tertiary/aromatic N) is 3. The summed E-state index contributed by atoms with van der Waals surface area (Å²) in [6.45, 7) is 3.04. The molecule has 0 bridgehead atoms. The van der Waals surface area contributed by atoms with Gasteiger partial charge in [0.2, 0.25) is 0 Å². The predicted molar refractivity (Wildman–Crippen MR) is 78.3 cm³/mol. The van der Waals surface area contributed by atoms with Gasteiger partial charge in [0.1, 0.15) is 0 Å². The van der Waals surface area contributed by atoms with E-state index in [4.69, 9.17) is 0 Å². The van der Waals surface area contributed by atoms with E-state index in [0.717, 1.165) is 18.2 Å². The number of aryl methyl sites for hydroxylation is 1. The second-order valence-corrected chi connectivity index (χ2v) is 4.70. The van der Waals surface area contributed by atoms with Crippen molar-refractivity contribution < 1.29 is 8.78 Å². The number of nitrogens with one attached hydrogen (secondary N) is 2. The van der Waals surface area contributed by atoms with Gasteiger partial charge < -0.3 is 10.6 Å². The first kappa shape index (κ1) is 15.2. The molecule has 2 N–H and O–H groups in total. The van der Waals surface area contributed by atoms with Gasteiger partial charge in [0, 0.05) is 44.5 Å². The van der Waals surface area contributed by atoms with E-state index in [9.17, 15) is 8.78 Å². The fourth-order valence-corrected chi connectivity index (χ4v) is 1.91. The number of halogens is 2. The third-order valence-corrected chi connectivity index (χ3v) is 3.07. The number of hydrogen-bond donors (Lipinski definition) is 2. The van der Waals surface area contributed by atoms with Crippen LogP contribution in [0.1, 0.15) is 19.0 Å². The molecule has 0 unspecified atom stereocenters. The van der Waals surface area contributed by atoms with Crippen LogP contribution in [-0.4, -0.2) is 27.9 Å². The van der Waals surface area contributed by atoms with Crippen molar-refractivity contribution in [3.05, 3.63) is 35.7 Å². The summed E-state index contributed by atoms with van der Waals surface area (Å²) in [5.41, 5.74) is 1.02. The van der Waals surface area contributed by atoms with E-state index >= 15 is 0 Å². The SMILES string of the molecule is CCCNc1nc(NCCc2ccnn2C)c(F)cc1F. The van der Waals surface area contributed by atoms with E-state index in [1.54, 1.807) is 10.9 Å². The molecule has 0 atom stereocenters. The Balaban J connectivity index is 2.00. The van der Waals surface area contributed by atoms with Crippen molar-refractivity contribution in [1.29, 1.82) is 0 Å². The summed E-state index contributed by atoms with van der Waals surface area (Å²) in [5.74, 6) is -1.25. The van der Waals surface area contributed by atoms with E-state index < -0.39 is 11.6 Å². The van der Waals surface area contributed by atoms with Crippen LogP contribution < -0.4 is 10.6 Å². The zero-order valence-electron chi connectivity index (χ0n) is 12.2. The van der Waals surface area contributed by atoms with Crippen LogP contribution in [-0.2, 0) is 13.5 Å². The Morgan fingerprint density at radius 1 is 1.14 bits per heavy atom. The van der Waals surface area contributed by atoms with Crippen LogP contribution in [0.15, 0.2) is 18.3 Å². The van der Waals surface area contributed by atoms with E-state index in [0.29, 0.717) is 19.5 Å². The zero-order valence-corrected chi connectivity index (χ0v) is 12.2. The maximum absolute atomic E-state index is 13.7. The lowest BCUT2D eigenvalue weighted by molar-refractivity contribution is 0.577. The Labute approximate surface area is 122 Å². The highest BCUT2D eigenvalue weighted by Gasteiger charge is 2.11. The van der Waals surface area contributed by atoms with Crippen LogP contribution in [0.5, 0.6) is 0 Å². The predicted octanol–water partition coefficient (Wildman–Crippen LogP) is 2.57. The lowest BCUT2D eigenvalue weighted by Crippen LogP contribution is -2.12. The molecule has 0 aromatic carbocycles. The van der Waals surface area contributed by atoms with Gasteiger partial charge in [-0.3, -0.25) is 4.68 Å². The Kier molecular flexibility index (Phi) is 5.08. The summed E-state index contributed by atoms with van der Waals surface area (Å²) >= 11 is 0. The zero-order chi connectivity index (χ0) is 15.2. The first-order valence-electron chi connectivity index (χ1n) is 6.92. The van der Waals surface area contributed by atoms with Crippen molar-refractivity contribution in [3.8, 4) is 0 Å². The maximum Gasteiger partial charge on any atom is 0.168 e. The molecule has 0 saturated carbocycles. The largest absolute Gasteiger partial charge is 0.368 e. The molecule has 114 valence electrons. The molecule has 0 radical (unpaired) electrons. The molecule has 0 aliphatic heterocycles. The summed E-state index contributed by atoms with van der Waals surface area (Å²) in [7, 11) is 1.85. The van der Waals surface area contributed by atoms with Crippen LogP contribution in [0.4, 0.5) is 20.4 Å². The maximum atomic E-state index is 13.7. The highest BCUT2D eigenvalue weighted by atomic mass is 19.1. The van der Waals surface area contributed by atoms with E-state index in [1.807, 2.05) is 20.0 Å². The molecule has 2 aromatic rings. The average molecular weight is 295 g/mol. The Morgan fingerprint density at radius 2 is 1.81 bits per heavy atom. The van der Waals surface area contributed by atoms with Gasteiger partial charge in [-0.1, -0.05) is 6.92 Å². The van der Waals surface area contributed by atoms with Crippen LogP contribution in [0, 0.1) is 11.6 Å². The highest BCUT2D eigenvalue weighted by Crippen LogP contribution is 2.19. The molecule has 0 amide bonds. The molecule has 5 nitrogen and oxygen atoms in total. The fraction of sp³-hybridized carbons (Fsp3) is 0.429. The lowest BCUT2D eigenvalue weighted by atomic mass is 10.3. The highest BCUT2D eigenvalue weighted by molar-refractivity contribution is 5.47. The quantitative estimate of drug-likeness (QED) is 0.824. The molecule has 21 heavy (non-hydrogen) atoms. The molecule has 2 aromatic heterocycles. The topological polar surface area (TPSA) is 54.8 Å². The number of pyridine rings is 1. The van der Waals surface area contributed by atoms with Crippen molar-refractivity contribution in [1.82, 2.24) is 14.8 Å².